The van der Waals surface area contributed by atoms with Gasteiger partial charge in [-0.2, -0.15) is 0 Å². The first-order chi connectivity index (χ1) is 12.3. The van der Waals surface area contributed by atoms with Crippen LogP contribution < -0.4 is 0 Å². The standard InChI is InChI=1S/C20H34O5/c1-21-15-9-5-3-7-13(15)19(17-11-23-17)25-20(18-12-24-18)14-8-4-6-10-16(14)22-2/h13-20H,3-12H2,1-2H3. The molecule has 0 N–H and O–H groups in total. The van der Waals surface area contributed by atoms with Gasteiger partial charge in [0.15, 0.2) is 0 Å². The van der Waals surface area contributed by atoms with Crippen molar-refractivity contribution in [2.24, 2.45) is 11.8 Å². The van der Waals surface area contributed by atoms with E-state index in [1.54, 1.807) is 0 Å². The molecule has 0 aromatic heterocycles. The summed E-state index contributed by atoms with van der Waals surface area (Å²) >= 11 is 0. The third-order valence-electron chi connectivity index (χ3n) is 6.72. The predicted octanol–water partition coefficient (Wildman–Crippen LogP) is 2.95. The van der Waals surface area contributed by atoms with E-state index in [2.05, 4.69) is 0 Å². The minimum Gasteiger partial charge on any atom is -0.381 e. The van der Waals surface area contributed by atoms with Crippen LogP contribution in [-0.4, -0.2) is 64.1 Å². The van der Waals surface area contributed by atoms with Crippen LogP contribution >= 0.6 is 0 Å². The summed E-state index contributed by atoms with van der Waals surface area (Å²) in [4.78, 5) is 0. The maximum absolute atomic E-state index is 6.83. The molecule has 2 saturated heterocycles. The van der Waals surface area contributed by atoms with Crippen LogP contribution in [-0.2, 0) is 23.7 Å². The van der Waals surface area contributed by atoms with E-state index in [4.69, 9.17) is 23.7 Å². The van der Waals surface area contributed by atoms with Gasteiger partial charge in [-0.1, -0.05) is 25.7 Å². The lowest BCUT2D eigenvalue weighted by molar-refractivity contribution is -0.146. The van der Waals surface area contributed by atoms with E-state index in [9.17, 15) is 0 Å². The van der Waals surface area contributed by atoms with Gasteiger partial charge in [-0.3, -0.25) is 0 Å². The summed E-state index contributed by atoms with van der Waals surface area (Å²) in [6.45, 7) is 1.66. The smallest absolute Gasteiger partial charge is 0.107 e. The molecule has 25 heavy (non-hydrogen) atoms. The summed E-state index contributed by atoms with van der Waals surface area (Å²) in [5.74, 6) is 0.883. The molecule has 0 spiro atoms. The SMILES string of the molecule is COC1CCCCC1C(OC(C1CO1)C1CCCCC1OC)C1CO1. The van der Waals surface area contributed by atoms with Gasteiger partial charge in [-0.25, -0.2) is 0 Å². The molecule has 2 aliphatic carbocycles. The number of hydrogen-bond donors (Lipinski definition) is 0. The Morgan fingerprint density at radius 3 is 1.44 bits per heavy atom. The van der Waals surface area contributed by atoms with Crippen LogP contribution in [0.25, 0.3) is 0 Å². The van der Waals surface area contributed by atoms with Crippen molar-refractivity contribution >= 4 is 0 Å². The fraction of sp³-hybridized carbons (Fsp3) is 1.00. The van der Waals surface area contributed by atoms with Crippen LogP contribution in [0.3, 0.4) is 0 Å². The fourth-order valence-electron chi connectivity index (χ4n) is 5.19. The molecule has 2 heterocycles. The molecule has 0 amide bonds. The van der Waals surface area contributed by atoms with Crippen molar-refractivity contribution in [3.05, 3.63) is 0 Å². The number of ether oxygens (including phenoxy) is 5. The summed E-state index contributed by atoms with van der Waals surface area (Å²) in [6, 6.07) is 0. The molecular weight excluding hydrogens is 320 g/mol. The van der Waals surface area contributed by atoms with Gasteiger partial charge < -0.3 is 23.7 Å². The molecule has 8 unspecified atom stereocenters. The zero-order valence-electron chi connectivity index (χ0n) is 15.7. The molecule has 4 fully saturated rings. The van der Waals surface area contributed by atoms with Crippen molar-refractivity contribution in [2.75, 3.05) is 27.4 Å². The summed E-state index contributed by atoms with van der Waals surface area (Å²) in [6.07, 6.45) is 11.1. The highest BCUT2D eigenvalue weighted by atomic mass is 16.6. The third kappa shape index (κ3) is 4.22. The second-order valence-corrected chi connectivity index (χ2v) is 8.25. The van der Waals surface area contributed by atoms with E-state index in [-0.39, 0.29) is 24.4 Å². The number of hydrogen-bond acceptors (Lipinski definition) is 5. The van der Waals surface area contributed by atoms with Gasteiger partial charge in [0.1, 0.15) is 12.2 Å². The minimum atomic E-state index is 0.138. The highest BCUT2D eigenvalue weighted by Gasteiger charge is 2.49. The van der Waals surface area contributed by atoms with Gasteiger partial charge in [-0.05, 0) is 25.7 Å². The Labute approximate surface area is 151 Å². The maximum Gasteiger partial charge on any atom is 0.107 e. The van der Waals surface area contributed by atoms with Crippen LogP contribution in [0.1, 0.15) is 51.4 Å². The van der Waals surface area contributed by atoms with Gasteiger partial charge in [0, 0.05) is 26.1 Å². The summed E-state index contributed by atoms with van der Waals surface area (Å²) < 4.78 is 29.9. The topological polar surface area (TPSA) is 52.8 Å². The van der Waals surface area contributed by atoms with Crippen molar-refractivity contribution < 1.29 is 23.7 Å². The molecule has 4 aliphatic rings. The van der Waals surface area contributed by atoms with Crippen LogP contribution in [0.2, 0.25) is 0 Å². The predicted molar refractivity (Wildman–Crippen MR) is 93.7 cm³/mol. The molecule has 5 heteroatoms. The largest absolute Gasteiger partial charge is 0.381 e. The number of epoxide rings is 2. The molecule has 0 aromatic rings. The van der Waals surface area contributed by atoms with E-state index in [0.29, 0.717) is 24.0 Å². The van der Waals surface area contributed by atoms with Crippen molar-refractivity contribution in [3.63, 3.8) is 0 Å². The van der Waals surface area contributed by atoms with Crippen LogP contribution in [0.15, 0.2) is 0 Å². The van der Waals surface area contributed by atoms with Gasteiger partial charge in [0.2, 0.25) is 0 Å². The number of methoxy groups -OCH3 is 2. The van der Waals surface area contributed by atoms with Crippen LogP contribution in [0.4, 0.5) is 0 Å². The highest BCUT2D eigenvalue weighted by molar-refractivity contribution is 4.97. The first-order valence-electron chi connectivity index (χ1n) is 10.3. The number of rotatable bonds is 8. The van der Waals surface area contributed by atoms with Crippen molar-refractivity contribution in [1.82, 2.24) is 0 Å². The molecule has 0 radical (unpaired) electrons. The molecule has 0 bridgehead atoms. The highest BCUT2D eigenvalue weighted by Crippen LogP contribution is 2.41. The monoisotopic (exact) mass is 354 g/mol. The Balaban J connectivity index is 1.49. The van der Waals surface area contributed by atoms with Crippen molar-refractivity contribution in [3.8, 4) is 0 Å². The fourth-order valence-corrected chi connectivity index (χ4v) is 5.19. The second kappa shape index (κ2) is 8.22. The molecule has 4 rings (SSSR count). The van der Waals surface area contributed by atoms with E-state index in [0.717, 1.165) is 26.1 Å². The molecule has 5 nitrogen and oxygen atoms in total. The Morgan fingerprint density at radius 1 is 0.680 bits per heavy atom. The molecule has 0 aromatic carbocycles. The van der Waals surface area contributed by atoms with Gasteiger partial charge in [0.25, 0.3) is 0 Å². The van der Waals surface area contributed by atoms with Gasteiger partial charge in [0.05, 0.1) is 37.6 Å². The Hall–Kier alpha value is -0.200. The average molecular weight is 354 g/mol. The zero-order chi connectivity index (χ0) is 17.2. The van der Waals surface area contributed by atoms with Gasteiger partial charge >= 0.3 is 0 Å². The normalized spacial score (nSPS) is 43.4. The molecule has 144 valence electrons. The van der Waals surface area contributed by atoms with Crippen molar-refractivity contribution in [2.45, 2.75) is 88.0 Å². The van der Waals surface area contributed by atoms with E-state index in [1.165, 1.54) is 38.5 Å². The molecule has 2 aliphatic heterocycles. The van der Waals surface area contributed by atoms with Crippen LogP contribution in [0, 0.1) is 11.8 Å². The lowest BCUT2D eigenvalue weighted by Crippen LogP contribution is -2.47. The minimum absolute atomic E-state index is 0.138. The zero-order valence-corrected chi connectivity index (χ0v) is 15.7. The molecular formula is C20H34O5. The van der Waals surface area contributed by atoms with E-state index >= 15 is 0 Å². The third-order valence-corrected chi connectivity index (χ3v) is 6.72. The quantitative estimate of drug-likeness (QED) is 0.627. The first-order valence-corrected chi connectivity index (χ1v) is 10.3. The Kier molecular flexibility index (Phi) is 5.98. The van der Waals surface area contributed by atoms with Gasteiger partial charge in [-0.15, -0.1) is 0 Å². The summed E-state index contributed by atoms with van der Waals surface area (Å²) in [5.41, 5.74) is 0. The summed E-state index contributed by atoms with van der Waals surface area (Å²) in [5, 5.41) is 0. The Morgan fingerprint density at radius 2 is 1.08 bits per heavy atom. The van der Waals surface area contributed by atoms with E-state index in [1.807, 2.05) is 14.2 Å². The second-order valence-electron chi connectivity index (χ2n) is 8.25. The molecule has 8 atom stereocenters. The molecule has 2 saturated carbocycles. The lowest BCUT2D eigenvalue weighted by Gasteiger charge is -2.41. The first kappa shape index (κ1) is 18.2. The summed E-state index contributed by atoms with van der Waals surface area (Å²) in [7, 11) is 3.69. The average Bonchev–Trinajstić information content (AvgIpc) is 3.56. The van der Waals surface area contributed by atoms with Crippen molar-refractivity contribution in [1.29, 1.82) is 0 Å². The van der Waals surface area contributed by atoms with E-state index < -0.39 is 0 Å². The van der Waals surface area contributed by atoms with Crippen LogP contribution in [0.5, 0.6) is 0 Å². The maximum atomic E-state index is 6.83. The lowest BCUT2D eigenvalue weighted by atomic mass is 9.79. The Bertz CT molecular complexity index is 384.